The van der Waals surface area contributed by atoms with Gasteiger partial charge in [0.1, 0.15) is 5.60 Å². The Morgan fingerprint density at radius 3 is 2.93 bits per heavy atom. The van der Waals surface area contributed by atoms with E-state index >= 15 is 0 Å². The van der Waals surface area contributed by atoms with Gasteiger partial charge in [-0.25, -0.2) is 0 Å². The summed E-state index contributed by atoms with van der Waals surface area (Å²) in [6, 6.07) is 7.96. The van der Waals surface area contributed by atoms with Crippen LogP contribution in [-0.2, 0) is 15.1 Å². The standard InChI is InChI=1S/C22H28N2O3/c1-4-15-12-24-10-9-22(26)18-7-5-6-8-19(18)23-21(22)20(24)11-16(15)17(13-27-3)14(2)25/h5-8,13,15-16,20,26H,4,9-12H2,1-3H3/b17-13-/t15-,16+,20+,22+/m1/s1. The molecular weight excluding hydrogens is 340 g/mol. The van der Waals surface area contributed by atoms with Crippen LogP contribution in [0.25, 0.3) is 0 Å². The molecule has 0 aromatic heterocycles. The zero-order valence-corrected chi connectivity index (χ0v) is 16.3. The van der Waals surface area contributed by atoms with E-state index in [-0.39, 0.29) is 17.7 Å². The Labute approximate surface area is 160 Å². The highest BCUT2D eigenvalue weighted by Crippen LogP contribution is 2.48. The maximum Gasteiger partial charge on any atom is 0.159 e. The number of ether oxygens (including phenoxy) is 1. The summed E-state index contributed by atoms with van der Waals surface area (Å²) < 4.78 is 5.23. The number of methoxy groups -OCH3 is 1. The van der Waals surface area contributed by atoms with Crippen molar-refractivity contribution >= 4 is 17.2 Å². The van der Waals surface area contributed by atoms with Crippen LogP contribution in [0.5, 0.6) is 0 Å². The van der Waals surface area contributed by atoms with E-state index in [0.29, 0.717) is 12.3 Å². The number of carbonyl (C=O) groups excluding carboxylic acids is 1. The number of fused-ring (bicyclic) bond motifs is 5. The molecule has 0 aliphatic carbocycles. The van der Waals surface area contributed by atoms with Gasteiger partial charge in [0.05, 0.1) is 30.8 Å². The zero-order chi connectivity index (χ0) is 19.2. The van der Waals surface area contributed by atoms with E-state index in [2.05, 4.69) is 11.8 Å². The van der Waals surface area contributed by atoms with Gasteiger partial charge in [-0.3, -0.25) is 14.7 Å². The lowest BCUT2D eigenvalue weighted by Crippen LogP contribution is -2.60. The van der Waals surface area contributed by atoms with Crippen molar-refractivity contribution in [3.05, 3.63) is 41.7 Å². The molecule has 2 fully saturated rings. The molecule has 4 rings (SSSR count). The minimum absolute atomic E-state index is 0.0588. The molecule has 0 unspecified atom stereocenters. The average molecular weight is 368 g/mol. The number of ketones is 1. The Balaban J connectivity index is 1.71. The molecule has 0 saturated carbocycles. The first-order valence-corrected chi connectivity index (χ1v) is 9.88. The van der Waals surface area contributed by atoms with E-state index in [9.17, 15) is 9.90 Å². The van der Waals surface area contributed by atoms with Gasteiger partial charge in [0.2, 0.25) is 0 Å². The van der Waals surface area contributed by atoms with Gasteiger partial charge in [-0.2, -0.15) is 0 Å². The van der Waals surface area contributed by atoms with Gasteiger partial charge in [0, 0.05) is 24.2 Å². The molecule has 1 N–H and O–H groups in total. The van der Waals surface area contributed by atoms with Gasteiger partial charge in [-0.1, -0.05) is 31.5 Å². The molecule has 0 spiro atoms. The van der Waals surface area contributed by atoms with E-state index in [1.807, 2.05) is 24.3 Å². The number of piperidine rings is 2. The maximum atomic E-state index is 12.3. The van der Waals surface area contributed by atoms with Crippen LogP contribution in [0.3, 0.4) is 0 Å². The van der Waals surface area contributed by atoms with Gasteiger partial charge in [0.15, 0.2) is 5.78 Å². The first kappa shape index (κ1) is 18.4. The number of allylic oxidation sites excluding steroid dienone is 1. The van der Waals surface area contributed by atoms with E-state index < -0.39 is 5.60 Å². The van der Waals surface area contributed by atoms with Crippen LogP contribution < -0.4 is 0 Å². The zero-order valence-electron chi connectivity index (χ0n) is 16.3. The van der Waals surface area contributed by atoms with Crippen molar-refractivity contribution in [3.63, 3.8) is 0 Å². The fourth-order valence-electron chi connectivity index (χ4n) is 5.22. The molecule has 3 aliphatic heterocycles. The Bertz CT molecular complexity index is 816. The Hall–Kier alpha value is -1.98. The van der Waals surface area contributed by atoms with E-state index in [1.165, 1.54) is 0 Å². The summed E-state index contributed by atoms with van der Waals surface area (Å²) in [5.41, 5.74) is 2.45. The number of Topliss-reactive ketones (excluding diaryl/α,β-unsaturated/α-hetero) is 1. The van der Waals surface area contributed by atoms with Crippen molar-refractivity contribution in [3.8, 4) is 0 Å². The summed E-state index contributed by atoms with van der Waals surface area (Å²) in [5, 5.41) is 11.5. The van der Waals surface area contributed by atoms with Crippen LogP contribution in [0.1, 0.15) is 38.7 Å². The van der Waals surface area contributed by atoms with Crippen LogP contribution in [0, 0.1) is 11.8 Å². The minimum atomic E-state index is -0.970. The summed E-state index contributed by atoms with van der Waals surface area (Å²) in [6.45, 7) is 5.57. The van der Waals surface area contributed by atoms with Crippen molar-refractivity contribution in [2.75, 3.05) is 20.2 Å². The summed E-state index contributed by atoms with van der Waals surface area (Å²) in [7, 11) is 1.59. The van der Waals surface area contributed by atoms with E-state index in [1.54, 1.807) is 20.3 Å². The number of benzene rings is 1. The number of hydrogen-bond donors (Lipinski definition) is 1. The molecule has 0 bridgehead atoms. The predicted molar refractivity (Wildman–Crippen MR) is 105 cm³/mol. The van der Waals surface area contributed by atoms with Crippen molar-refractivity contribution in [2.24, 2.45) is 16.8 Å². The number of carbonyl (C=O) groups is 1. The average Bonchev–Trinajstić information content (AvgIpc) is 2.98. The molecule has 0 radical (unpaired) electrons. The third-order valence-corrected chi connectivity index (χ3v) is 6.62. The Morgan fingerprint density at radius 1 is 1.44 bits per heavy atom. The van der Waals surface area contributed by atoms with Crippen LogP contribution in [0.4, 0.5) is 5.69 Å². The maximum absolute atomic E-state index is 12.3. The van der Waals surface area contributed by atoms with Crippen molar-refractivity contribution < 1.29 is 14.6 Å². The third kappa shape index (κ3) is 2.84. The summed E-state index contributed by atoms with van der Waals surface area (Å²) >= 11 is 0. The molecule has 0 amide bonds. The van der Waals surface area contributed by atoms with Gasteiger partial charge in [0.25, 0.3) is 0 Å². The normalized spacial score (nSPS) is 33.0. The second kappa shape index (κ2) is 6.88. The van der Waals surface area contributed by atoms with Gasteiger partial charge >= 0.3 is 0 Å². The molecule has 3 aliphatic rings. The second-order valence-corrected chi connectivity index (χ2v) is 8.01. The molecule has 5 heteroatoms. The summed E-state index contributed by atoms with van der Waals surface area (Å²) in [5.74, 6) is 0.598. The Morgan fingerprint density at radius 2 is 2.22 bits per heavy atom. The molecule has 1 aromatic rings. The summed E-state index contributed by atoms with van der Waals surface area (Å²) in [6.07, 6.45) is 4.10. The van der Waals surface area contributed by atoms with Crippen LogP contribution in [0.2, 0.25) is 0 Å². The number of para-hydroxylation sites is 1. The topological polar surface area (TPSA) is 62.1 Å². The number of aliphatic hydroxyl groups is 1. The van der Waals surface area contributed by atoms with Crippen LogP contribution in [0.15, 0.2) is 41.1 Å². The van der Waals surface area contributed by atoms with E-state index in [0.717, 1.165) is 48.5 Å². The number of nitrogens with zero attached hydrogens (tertiary/aromatic N) is 2. The van der Waals surface area contributed by atoms with Gasteiger partial charge < -0.3 is 9.84 Å². The van der Waals surface area contributed by atoms with Crippen LogP contribution in [-0.4, -0.2) is 47.7 Å². The smallest absolute Gasteiger partial charge is 0.159 e. The predicted octanol–water partition coefficient (Wildman–Crippen LogP) is 3.20. The molecule has 2 saturated heterocycles. The molecule has 3 heterocycles. The SMILES string of the molecule is CC[C@@H]1CN2CC[C@@]3(O)C(=Nc4ccccc43)[C@@H]2C[C@@H]1/C(=C\OC)C(C)=O. The summed E-state index contributed by atoms with van der Waals surface area (Å²) in [4.78, 5) is 19.6. The first-order valence-electron chi connectivity index (χ1n) is 9.88. The monoisotopic (exact) mass is 368 g/mol. The highest BCUT2D eigenvalue weighted by molar-refractivity contribution is 6.04. The Kier molecular flexibility index (Phi) is 4.68. The molecular formula is C22H28N2O3. The number of rotatable bonds is 4. The van der Waals surface area contributed by atoms with Crippen molar-refractivity contribution in [1.29, 1.82) is 0 Å². The van der Waals surface area contributed by atoms with Gasteiger partial charge in [-0.05, 0) is 37.7 Å². The molecule has 1 aromatic carbocycles. The molecule has 27 heavy (non-hydrogen) atoms. The van der Waals surface area contributed by atoms with Crippen molar-refractivity contribution in [2.45, 2.75) is 44.8 Å². The van der Waals surface area contributed by atoms with Crippen molar-refractivity contribution in [1.82, 2.24) is 4.90 Å². The van der Waals surface area contributed by atoms with E-state index in [4.69, 9.17) is 9.73 Å². The lowest BCUT2D eigenvalue weighted by molar-refractivity contribution is -0.114. The number of hydrogen-bond acceptors (Lipinski definition) is 5. The molecule has 144 valence electrons. The third-order valence-electron chi connectivity index (χ3n) is 6.62. The highest BCUT2D eigenvalue weighted by Gasteiger charge is 2.52. The second-order valence-electron chi connectivity index (χ2n) is 8.01. The quantitative estimate of drug-likeness (QED) is 0.655. The fraction of sp³-hybridized carbons (Fsp3) is 0.545. The highest BCUT2D eigenvalue weighted by atomic mass is 16.5. The fourth-order valence-corrected chi connectivity index (χ4v) is 5.22. The largest absolute Gasteiger partial charge is 0.504 e. The minimum Gasteiger partial charge on any atom is -0.504 e. The molecule has 4 atom stereocenters. The lowest BCUT2D eigenvalue weighted by atomic mass is 9.70. The van der Waals surface area contributed by atoms with Gasteiger partial charge in [-0.15, -0.1) is 0 Å². The molecule has 5 nitrogen and oxygen atoms in total. The first-order chi connectivity index (χ1) is 13.0. The lowest BCUT2D eigenvalue weighted by Gasteiger charge is -2.50. The number of aliphatic imine (C=N–C) groups is 1. The van der Waals surface area contributed by atoms with Crippen LogP contribution >= 0.6 is 0 Å².